The third-order valence-electron chi connectivity index (χ3n) is 5.61. The van der Waals surface area contributed by atoms with Gasteiger partial charge in [-0.1, -0.05) is 6.07 Å². The molecule has 1 aromatic carbocycles. The maximum Gasteiger partial charge on any atom is 0.263 e. The van der Waals surface area contributed by atoms with Crippen LogP contribution in [0.4, 0.5) is 0 Å². The fourth-order valence-electron chi connectivity index (χ4n) is 4.19. The van der Waals surface area contributed by atoms with Crippen LogP contribution in [0, 0.1) is 6.92 Å². The van der Waals surface area contributed by atoms with Gasteiger partial charge in [0, 0.05) is 19.3 Å². The minimum absolute atomic E-state index is 0.160. The number of ether oxygens (including phenoxy) is 2. The number of rotatable bonds is 5. The van der Waals surface area contributed by atoms with Crippen LogP contribution in [0.5, 0.6) is 11.5 Å². The number of carbonyl (C=O) groups excluding carboxylic acids is 1. The quantitative estimate of drug-likeness (QED) is 0.790. The Morgan fingerprint density at radius 1 is 1.23 bits per heavy atom. The number of hydrogen-bond donors (Lipinski definition) is 1. The van der Waals surface area contributed by atoms with Gasteiger partial charge in [0.1, 0.15) is 5.56 Å². The van der Waals surface area contributed by atoms with Crippen LogP contribution < -0.4 is 15.0 Å². The molecule has 2 aromatic rings. The molecule has 4 rings (SSSR count). The predicted molar refractivity (Wildman–Crippen MR) is 111 cm³/mol. The SMILES string of the molecule is Cc1ccn(Cc2ccc3c(c2)OCO3)c(=O)c1C(=O)N1CCC(O)(CN(C)C)C1. The zero-order valence-corrected chi connectivity index (χ0v) is 17.6. The third-order valence-corrected chi connectivity index (χ3v) is 5.61. The molecule has 0 spiro atoms. The summed E-state index contributed by atoms with van der Waals surface area (Å²) < 4.78 is 12.3. The van der Waals surface area contributed by atoms with Crippen molar-refractivity contribution in [2.45, 2.75) is 25.5 Å². The minimum atomic E-state index is -0.951. The van der Waals surface area contributed by atoms with Crippen molar-refractivity contribution in [3.05, 3.63) is 57.5 Å². The largest absolute Gasteiger partial charge is 0.454 e. The van der Waals surface area contributed by atoms with Gasteiger partial charge in [-0.15, -0.1) is 0 Å². The maximum atomic E-state index is 13.2. The van der Waals surface area contributed by atoms with Crippen molar-refractivity contribution in [2.75, 3.05) is 40.5 Å². The van der Waals surface area contributed by atoms with Crippen molar-refractivity contribution in [1.82, 2.24) is 14.4 Å². The standard InChI is InChI=1S/C22H27N3O5/c1-15-6-8-24(11-16-4-5-17-18(10-16)30-14-29-17)20(26)19(15)21(27)25-9-7-22(28,13-25)12-23(2)3/h4-6,8,10,28H,7,9,11-14H2,1-3H3. The lowest BCUT2D eigenvalue weighted by molar-refractivity contribution is 0.0235. The summed E-state index contributed by atoms with van der Waals surface area (Å²) in [5.41, 5.74) is 0.390. The van der Waals surface area contributed by atoms with Gasteiger partial charge in [0.25, 0.3) is 11.5 Å². The number of amides is 1. The first-order chi connectivity index (χ1) is 14.3. The van der Waals surface area contributed by atoms with E-state index in [9.17, 15) is 14.7 Å². The number of β-amino-alcohol motifs (C(OH)–C–C–N with tert-alkyl or cyclic N) is 1. The molecule has 8 heteroatoms. The van der Waals surface area contributed by atoms with Crippen LogP contribution >= 0.6 is 0 Å². The van der Waals surface area contributed by atoms with E-state index in [1.54, 1.807) is 24.1 Å². The first-order valence-electron chi connectivity index (χ1n) is 10.0. The lowest BCUT2D eigenvalue weighted by atomic mass is 10.0. The van der Waals surface area contributed by atoms with E-state index < -0.39 is 5.60 Å². The first-order valence-corrected chi connectivity index (χ1v) is 10.0. The van der Waals surface area contributed by atoms with Gasteiger partial charge in [0.2, 0.25) is 6.79 Å². The van der Waals surface area contributed by atoms with E-state index in [1.165, 1.54) is 4.57 Å². The summed E-state index contributed by atoms with van der Waals surface area (Å²) in [4.78, 5) is 29.8. The van der Waals surface area contributed by atoms with Gasteiger partial charge in [-0.05, 0) is 56.8 Å². The van der Waals surface area contributed by atoms with Crippen LogP contribution in [0.15, 0.2) is 35.3 Å². The lowest BCUT2D eigenvalue weighted by Gasteiger charge is -2.26. The Morgan fingerprint density at radius 2 is 2.00 bits per heavy atom. The van der Waals surface area contributed by atoms with Crippen molar-refractivity contribution >= 4 is 5.91 Å². The number of fused-ring (bicyclic) bond motifs is 1. The lowest BCUT2D eigenvalue weighted by Crippen LogP contribution is -2.44. The molecule has 0 bridgehead atoms. The Kier molecular flexibility index (Phi) is 5.29. The van der Waals surface area contributed by atoms with Gasteiger partial charge in [-0.25, -0.2) is 0 Å². The number of nitrogens with zero attached hydrogens (tertiary/aromatic N) is 3. The molecule has 1 atom stereocenters. The van der Waals surface area contributed by atoms with Crippen LogP contribution in [0.25, 0.3) is 0 Å². The van der Waals surface area contributed by atoms with E-state index >= 15 is 0 Å². The molecular weight excluding hydrogens is 386 g/mol. The predicted octanol–water partition coefficient (Wildman–Crippen LogP) is 1.07. The summed E-state index contributed by atoms with van der Waals surface area (Å²) >= 11 is 0. The molecule has 0 aliphatic carbocycles. The molecule has 2 aliphatic heterocycles. The van der Waals surface area contributed by atoms with Gasteiger partial charge in [-0.2, -0.15) is 0 Å². The average Bonchev–Trinajstić information content (AvgIpc) is 3.29. The molecule has 30 heavy (non-hydrogen) atoms. The summed E-state index contributed by atoms with van der Waals surface area (Å²) in [6.45, 7) is 3.40. The van der Waals surface area contributed by atoms with Crippen LogP contribution in [0.2, 0.25) is 0 Å². The molecule has 0 radical (unpaired) electrons. The van der Waals surface area contributed by atoms with E-state index in [4.69, 9.17) is 9.47 Å². The molecule has 1 N–H and O–H groups in total. The second-order valence-corrected chi connectivity index (χ2v) is 8.43. The highest BCUT2D eigenvalue weighted by molar-refractivity contribution is 5.95. The van der Waals surface area contributed by atoms with Crippen molar-refractivity contribution in [3.8, 4) is 11.5 Å². The normalized spacial score (nSPS) is 20.2. The Morgan fingerprint density at radius 3 is 2.77 bits per heavy atom. The summed E-state index contributed by atoms with van der Waals surface area (Å²) in [6, 6.07) is 7.32. The average molecular weight is 413 g/mol. The monoisotopic (exact) mass is 413 g/mol. The Labute approximate surface area is 175 Å². The molecule has 160 valence electrons. The van der Waals surface area contributed by atoms with E-state index in [-0.39, 0.29) is 30.4 Å². The second-order valence-electron chi connectivity index (χ2n) is 8.43. The summed E-state index contributed by atoms with van der Waals surface area (Å²) in [5, 5.41) is 10.8. The molecule has 1 aromatic heterocycles. The molecule has 1 saturated heterocycles. The topological polar surface area (TPSA) is 84.2 Å². The fraction of sp³-hybridized carbons (Fsp3) is 0.455. The van der Waals surface area contributed by atoms with E-state index in [1.807, 2.05) is 37.2 Å². The Balaban J connectivity index is 1.57. The molecule has 0 saturated carbocycles. The molecule has 8 nitrogen and oxygen atoms in total. The number of hydrogen-bond acceptors (Lipinski definition) is 6. The summed E-state index contributed by atoms with van der Waals surface area (Å²) in [5.74, 6) is 1.01. The van der Waals surface area contributed by atoms with Crippen molar-refractivity contribution in [2.24, 2.45) is 0 Å². The number of carbonyl (C=O) groups is 1. The van der Waals surface area contributed by atoms with E-state index in [0.29, 0.717) is 43.1 Å². The Hall–Kier alpha value is -2.84. The number of aryl methyl sites for hydroxylation is 1. The minimum Gasteiger partial charge on any atom is -0.454 e. The molecule has 3 heterocycles. The highest BCUT2D eigenvalue weighted by Crippen LogP contribution is 2.32. The van der Waals surface area contributed by atoms with Gasteiger partial charge < -0.3 is 28.9 Å². The number of pyridine rings is 1. The Bertz CT molecular complexity index is 1030. The summed E-state index contributed by atoms with van der Waals surface area (Å²) in [7, 11) is 3.77. The van der Waals surface area contributed by atoms with Crippen LogP contribution in [-0.4, -0.2) is 71.5 Å². The molecule has 2 aliphatic rings. The summed E-state index contributed by atoms with van der Waals surface area (Å²) in [6.07, 6.45) is 2.19. The van der Waals surface area contributed by atoms with E-state index in [2.05, 4.69) is 0 Å². The first kappa shape index (κ1) is 20.4. The zero-order valence-electron chi connectivity index (χ0n) is 17.6. The van der Waals surface area contributed by atoms with Crippen molar-refractivity contribution in [1.29, 1.82) is 0 Å². The van der Waals surface area contributed by atoms with Gasteiger partial charge in [-0.3, -0.25) is 9.59 Å². The number of benzene rings is 1. The molecule has 1 fully saturated rings. The van der Waals surface area contributed by atoms with Crippen LogP contribution in [0.3, 0.4) is 0 Å². The molecule has 1 unspecified atom stereocenters. The van der Waals surface area contributed by atoms with Crippen molar-refractivity contribution in [3.63, 3.8) is 0 Å². The number of aliphatic hydroxyl groups is 1. The van der Waals surface area contributed by atoms with Gasteiger partial charge in [0.05, 0.1) is 18.7 Å². The fourth-order valence-corrected chi connectivity index (χ4v) is 4.19. The van der Waals surface area contributed by atoms with Gasteiger partial charge in [0.15, 0.2) is 11.5 Å². The second kappa shape index (κ2) is 7.77. The highest BCUT2D eigenvalue weighted by atomic mass is 16.7. The number of aromatic nitrogens is 1. The molecular formula is C22H27N3O5. The van der Waals surface area contributed by atoms with Crippen LogP contribution in [-0.2, 0) is 6.54 Å². The number of likely N-dealkylation sites (tertiary alicyclic amines) is 1. The number of likely N-dealkylation sites (N-methyl/N-ethyl adjacent to an activating group) is 1. The van der Waals surface area contributed by atoms with Gasteiger partial charge >= 0.3 is 0 Å². The third kappa shape index (κ3) is 3.93. The smallest absolute Gasteiger partial charge is 0.263 e. The van der Waals surface area contributed by atoms with Crippen LogP contribution in [0.1, 0.15) is 27.9 Å². The van der Waals surface area contributed by atoms with E-state index in [0.717, 1.165) is 5.56 Å². The molecule has 1 amide bonds. The maximum absolute atomic E-state index is 13.2. The zero-order chi connectivity index (χ0) is 21.5. The van der Waals surface area contributed by atoms with Crippen molar-refractivity contribution < 1.29 is 19.4 Å². The highest BCUT2D eigenvalue weighted by Gasteiger charge is 2.39.